The molecule has 1 aliphatic carbocycles. The van der Waals surface area contributed by atoms with Crippen molar-refractivity contribution in [2.75, 3.05) is 0 Å². The minimum atomic E-state index is -4.41. The van der Waals surface area contributed by atoms with Gasteiger partial charge in [0.1, 0.15) is 4.60 Å². The Morgan fingerprint density at radius 2 is 2.14 bits per heavy atom. The van der Waals surface area contributed by atoms with E-state index < -0.39 is 11.7 Å². The van der Waals surface area contributed by atoms with Crippen LogP contribution < -0.4 is 0 Å². The maximum Gasteiger partial charge on any atom is 0.417 e. The highest BCUT2D eigenvalue weighted by Crippen LogP contribution is 2.38. The number of pyridine rings is 1. The number of halogens is 4. The van der Waals surface area contributed by atoms with E-state index in [1.807, 2.05) is 0 Å². The molecule has 0 amide bonds. The molecule has 0 atom stereocenters. The van der Waals surface area contributed by atoms with Crippen molar-refractivity contribution in [3.63, 3.8) is 0 Å². The Hall–Kier alpha value is -0.840. The van der Waals surface area contributed by atoms with E-state index >= 15 is 0 Å². The van der Waals surface area contributed by atoms with Crippen LogP contribution in [0.1, 0.15) is 16.8 Å². The fraction of sp³-hybridized carbons (Fsp3) is 0.222. The number of rotatable bonds is 1. The molecule has 0 fully saturated rings. The van der Waals surface area contributed by atoms with Gasteiger partial charge in [-0.05, 0) is 33.1 Å². The number of aromatic nitrogens is 1. The second kappa shape index (κ2) is 2.82. The molecule has 0 radical (unpaired) electrons. The summed E-state index contributed by atoms with van der Waals surface area (Å²) in [6, 6.07) is 1.44. The lowest BCUT2D eigenvalue weighted by Gasteiger charge is -2.08. The first-order valence-electron chi connectivity index (χ1n) is 3.84. The molecule has 74 valence electrons. The molecule has 0 saturated heterocycles. The largest absolute Gasteiger partial charge is 0.417 e. The molecule has 5 heteroatoms. The van der Waals surface area contributed by atoms with Crippen molar-refractivity contribution in [3.8, 4) is 0 Å². The van der Waals surface area contributed by atoms with Crippen molar-refractivity contribution in [2.24, 2.45) is 0 Å². The number of alkyl halides is 3. The van der Waals surface area contributed by atoms with Gasteiger partial charge in [0.15, 0.2) is 0 Å². The minimum absolute atomic E-state index is 0.0966. The topological polar surface area (TPSA) is 12.9 Å². The number of fused-ring (bicyclic) bond motifs is 1. The van der Waals surface area contributed by atoms with Crippen LogP contribution in [0.4, 0.5) is 13.2 Å². The first-order chi connectivity index (χ1) is 6.39. The monoisotopic (exact) mass is 263 g/mol. The predicted octanol–water partition coefficient (Wildman–Crippen LogP) is 3.32. The molecule has 0 saturated carbocycles. The second-order valence-corrected chi connectivity index (χ2v) is 3.84. The van der Waals surface area contributed by atoms with Crippen LogP contribution in [0.2, 0.25) is 0 Å². The first kappa shape index (κ1) is 9.71. The predicted molar refractivity (Wildman–Crippen MR) is 49.8 cm³/mol. The summed E-state index contributed by atoms with van der Waals surface area (Å²) in [5, 5.41) is 0. The number of hydrogen-bond donors (Lipinski definition) is 0. The molecule has 0 bridgehead atoms. The van der Waals surface area contributed by atoms with Gasteiger partial charge in [0.2, 0.25) is 0 Å². The van der Waals surface area contributed by atoms with Gasteiger partial charge in [-0.15, -0.1) is 0 Å². The van der Waals surface area contributed by atoms with Crippen molar-refractivity contribution in [2.45, 2.75) is 12.6 Å². The quantitative estimate of drug-likeness (QED) is 0.720. The Morgan fingerprint density at radius 1 is 1.50 bits per heavy atom. The molecule has 14 heavy (non-hydrogen) atoms. The third kappa shape index (κ3) is 1.56. The Morgan fingerprint density at radius 3 is 2.64 bits per heavy atom. The molecule has 1 heterocycles. The number of allylic oxidation sites excluding steroid dienone is 1. The molecule has 1 nitrogen and oxygen atoms in total. The van der Waals surface area contributed by atoms with E-state index in [0.717, 1.165) is 17.5 Å². The summed E-state index contributed by atoms with van der Waals surface area (Å²) in [6.07, 6.45) is -3.69. The van der Waals surface area contributed by atoms with Crippen molar-refractivity contribution in [1.29, 1.82) is 0 Å². The molecule has 1 aliphatic rings. The van der Waals surface area contributed by atoms with E-state index in [4.69, 9.17) is 0 Å². The lowest BCUT2D eigenvalue weighted by atomic mass is 10.2. The van der Waals surface area contributed by atoms with Crippen LogP contribution in [0.3, 0.4) is 0 Å². The molecule has 0 aliphatic heterocycles. The number of nitrogens with zero attached hydrogens (tertiary/aromatic N) is 1. The SMILES string of the molecule is C=C(c1cc2c(c(Br)n1)C2)C(F)(F)F. The molecular weight excluding hydrogens is 259 g/mol. The third-order valence-electron chi connectivity index (χ3n) is 2.06. The number of hydrogen-bond acceptors (Lipinski definition) is 1. The maximum absolute atomic E-state index is 12.3. The molecule has 0 spiro atoms. The Labute approximate surface area is 86.8 Å². The highest BCUT2D eigenvalue weighted by Gasteiger charge is 2.35. The Bertz CT molecular complexity index is 423. The summed E-state index contributed by atoms with van der Waals surface area (Å²) in [5.41, 5.74) is 0.907. The highest BCUT2D eigenvalue weighted by molar-refractivity contribution is 9.10. The van der Waals surface area contributed by atoms with Gasteiger partial charge in [-0.3, -0.25) is 0 Å². The average molecular weight is 264 g/mol. The zero-order valence-electron chi connectivity index (χ0n) is 6.95. The van der Waals surface area contributed by atoms with Crippen LogP contribution in [0.25, 0.3) is 5.57 Å². The van der Waals surface area contributed by atoms with Gasteiger partial charge >= 0.3 is 6.18 Å². The van der Waals surface area contributed by atoms with E-state index in [-0.39, 0.29) is 5.69 Å². The van der Waals surface area contributed by atoms with E-state index in [0.29, 0.717) is 4.60 Å². The third-order valence-corrected chi connectivity index (χ3v) is 2.72. The standard InChI is InChI=1S/C9H5BrF3N/c1-4(9(11,12)13)7-3-5-2-6(5)8(10)14-7/h3H,1-2H2. The minimum Gasteiger partial charge on any atom is -0.241 e. The Balaban J connectivity index is 2.40. The summed E-state index contributed by atoms with van der Waals surface area (Å²) >= 11 is 3.11. The fourth-order valence-electron chi connectivity index (χ4n) is 1.16. The summed E-state index contributed by atoms with van der Waals surface area (Å²) in [5.74, 6) is 0. The van der Waals surface area contributed by atoms with Crippen LogP contribution in [-0.4, -0.2) is 11.2 Å². The van der Waals surface area contributed by atoms with Gasteiger partial charge in [0.25, 0.3) is 0 Å². The van der Waals surface area contributed by atoms with Crippen LogP contribution >= 0.6 is 15.9 Å². The lowest BCUT2D eigenvalue weighted by molar-refractivity contribution is -0.0689. The van der Waals surface area contributed by atoms with E-state index in [1.165, 1.54) is 6.07 Å². The van der Waals surface area contributed by atoms with E-state index in [1.54, 1.807) is 0 Å². The highest BCUT2D eigenvalue weighted by atomic mass is 79.9. The summed E-state index contributed by atoms with van der Waals surface area (Å²) in [4.78, 5) is 3.79. The lowest BCUT2D eigenvalue weighted by Crippen LogP contribution is -2.10. The van der Waals surface area contributed by atoms with Crippen LogP contribution in [0.5, 0.6) is 0 Å². The molecule has 2 rings (SSSR count). The molecule has 1 aromatic heterocycles. The van der Waals surface area contributed by atoms with Crippen molar-refractivity contribution in [1.82, 2.24) is 4.98 Å². The molecular formula is C9H5BrF3N. The van der Waals surface area contributed by atoms with Gasteiger partial charge in [0.05, 0.1) is 11.3 Å². The van der Waals surface area contributed by atoms with Crippen LogP contribution in [0, 0.1) is 0 Å². The van der Waals surface area contributed by atoms with E-state index in [9.17, 15) is 13.2 Å². The molecule has 0 aromatic carbocycles. The zero-order valence-corrected chi connectivity index (χ0v) is 8.54. The van der Waals surface area contributed by atoms with Gasteiger partial charge in [0, 0.05) is 6.42 Å². The molecule has 0 unspecified atom stereocenters. The maximum atomic E-state index is 12.3. The normalized spacial score (nSPS) is 13.7. The summed E-state index contributed by atoms with van der Waals surface area (Å²) in [6.45, 7) is 2.99. The summed E-state index contributed by atoms with van der Waals surface area (Å²) in [7, 11) is 0. The smallest absolute Gasteiger partial charge is 0.241 e. The molecule has 0 N–H and O–H groups in total. The van der Waals surface area contributed by atoms with Crippen molar-refractivity contribution < 1.29 is 13.2 Å². The molecule has 1 aromatic rings. The van der Waals surface area contributed by atoms with Crippen LogP contribution in [0.15, 0.2) is 17.2 Å². The second-order valence-electron chi connectivity index (χ2n) is 3.09. The fourth-order valence-corrected chi connectivity index (χ4v) is 1.75. The van der Waals surface area contributed by atoms with Gasteiger partial charge in [-0.2, -0.15) is 13.2 Å². The van der Waals surface area contributed by atoms with E-state index in [2.05, 4.69) is 27.5 Å². The van der Waals surface area contributed by atoms with Gasteiger partial charge in [-0.25, -0.2) is 4.98 Å². The van der Waals surface area contributed by atoms with Crippen molar-refractivity contribution in [3.05, 3.63) is 34.1 Å². The first-order valence-corrected chi connectivity index (χ1v) is 4.63. The average Bonchev–Trinajstić information content (AvgIpc) is 2.80. The Kier molecular flexibility index (Phi) is 1.96. The summed E-state index contributed by atoms with van der Waals surface area (Å²) < 4.78 is 37.3. The van der Waals surface area contributed by atoms with Crippen molar-refractivity contribution >= 4 is 21.5 Å². The van der Waals surface area contributed by atoms with Gasteiger partial charge < -0.3 is 0 Å². The van der Waals surface area contributed by atoms with Gasteiger partial charge in [-0.1, -0.05) is 6.58 Å². The van der Waals surface area contributed by atoms with Crippen LogP contribution in [-0.2, 0) is 6.42 Å². The zero-order chi connectivity index (χ0) is 10.5.